The fourth-order valence-corrected chi connectivity index (χ4v) is 2.77. The van der Waals surface area contributed by atoms with Crippen molar-refractivity contribution in [2.45, 2.75) is 18.9 Å². The highest BCUT2D eigenvalue weighted by molar-refractivity contribution is 7.09. The summed E-state index contributed by atoms with van der Waals surface area (Å²) in [7, 11) is 0. The number of aromatic nitrogens is 1. The zero-order valence-corrected chi connectivity index (χ0v) is 9.37. The summed E-state index contributed by atoms with van der Waals surface area (Å²) >= 11 is 1.48. The number of aliphatic hydroxyl groups excluding tert-OH is 1. The summed E-state index contributed by atoms with van der Waals surface area (Å²) < 4.78 is 5.32. The monoisotopic (exact) mass is 228 g/mol. The van der Waals surface area contributed by atoms with E-state index < -0.39 is 6.10 Å². The van der Waals surface area contributed by atoms with Crippen molar-refractivity contribution in [1.29, 1.82) is 0 Å². The zero-order chi connectivity index (χ0) is 10.7. The maximum absolute atomic E-state index is 10.3. The molecule has 15 heavy (non-hydrogen) atoms. The lowest BCUT2D eigenvalue weighted by Gasteiger charge is -2.39. The number of thiazole rings is 1. The zero-order valence-electron chi connectivity index (χ0n) is 8.56. The Kier molecular flexibility index (Phi) is 3.35. The van der Waals surface area contributed by atoms with E-state index in [-0.39, 0.29) is 5.41 Å². The normalized spacial score (nSPS) is 22.5. The highest BCUT2D eigenvalue weighted by Crippen LogP contribution is 2.42. The van der Waals surface area contributed by atoms with Gasteiger partial charge in [-0.25, -0.2) is 0 Å². The van der Waals surface area contributed by atoms with Gasteiger partial charge in [-0.3, -0.25) is 4.98 Å². The Hall–Kier alpha value is -0.490. The van der Waals surface area contributed by atoms with Crippen LogP contribution >= 0.6 is 11.3 Å². The molecule has 1 aliphatic heterocycles. The average Bonchev–Trinajstić information content (AvgIpc) is 2.82. The van der Waals surface area contributed by atoms with Crippen molar-refractivity contribution in [2.75, 3.05) is 19.8 Å². The Labute approximate surface area is 93.1 Å². The third kappa shape index (κ3) is 2.06. The molecule has 1 aromatic heterocycles. The first-order valence-electron chi connectivity index (χ1n) is 5.13. The molecule has 1 aromatic rings. The molecule has 0 radical (unpaired) electrons. The van der Waals surface area contributed by atoms with Crippen LogP contribution in [0.15, 0.2) is 11.7 Å². The summed E-state index contributed by atoms with van der Waals surface area (Å²) in [6, 6.07) is 0. The third-order valence-electron chi connectivity index (χ3n) is 3.20. The third-order valence-corrected chi connectivity index (χ3v) is 4.02. The fourth-order valence-electron chi connectivity index (χ4n) is 2.03. The maximum atomic E-state index is 10.3. The molecule has 1 atom stereocenters. The van der Waals surface area contributed by atoms with Crippen LogP contribution in [0.25, 0.3) is 0 Å². The minimum atomic E-state index is -0.501. The van der Waals surface area contributed by atoms with Gasteiger partial charge in [-0.1, -0.05) is 0 Å². The van der Waals surface area contributed by atoms with E-state index in [0.717, 1.165) is 17.7 Å². The standard InChI is InChI=1S/C10H16N2O2S/c11-6-10(1-3-14-4-2-10)9(13)8-5-12-7-15-8/h5,7,9,13H,1-4,6,11H2. The van der Waals surface area contributed by atoms with E-state index in [2.05, 4.69) is 4.98 Å². The SMILES string of the molecule is NCC1(C(O)c2cncs2)CCOCC1. The summed E-state index contributed by atoms with van der Waals surface area (Å²) in [6.07, 6.45) is 2.87. The summed E-state index contributed by atoms with van der Waals surface area (Å²) in [6.45, 7) is 1.87. The molecule has 5 heteroatoms. The van der Waals surface area contributed by atoms with Crippen LogP contribution in [0.1, 0.15) is 23.8 Å². The van der Waals surface area contributed by atoms with Gasteiger partial charge >= 0.3 is 0 Å². The van der Waals surface area contributed by atoms with E-state index in [1.54, 1.807) is 11.7 Å². The van der Waals surface area contributed by atoms with Crippen molar-refractivity contribution in [3.63, 3.8) is 0 Å². The summed E-state index contributed by atoms with van der Waals surface area (Å²) in [5, 5.41) is 10.3. The van der Waals surface area contributed by atoms with E-state index in [0.29, 0.717) is 19.8 Å². The number of nitrogens with two attached hydrogens (primary N) is 1. The van der Waals surface area contributed by atoms with Crippen LogP contribution in [0, 0.1) is 5.41 Å². The quantitative estimate of drug-likeness (QED) is 0.807. The largest absolute Gasteiger partial charge is 0.387 e. The van der Waals surface area contributed by atoms with Gasteiger partial charge in [0.1, 0.15) is 0 Å². The molecule has 2 heterocycles. The van der Waals surface area contributed by atoms with Crippen LogP contribution in [0.2, 0.25) is 0 Å². The van der Waals surface area contributed by atoms with Crippen LogP contribution in [-0.4, -0.2) is 29.8 Å². The molecule has 2 rings (SSSR count). The molecule has 0 bridgehead atoms. The number of ether oxygens (including phenoxy) is 1. The Morgan fingerprint density at radius 2 is 2.33 bits per heavy atom. The first kappa shape index (κ1) is 11.0. The molecule has 1 aliphatic rings. The molecule has 1 fully saturated rings. The second kappa shape index (κ2) is 4.57. The maximum Gasteiger partial charge on any atom is 0.0967 e. The predicted octanol–water partition coefficient (Wildman–Crippen LogP) is 0.932. The lowest BCUT2D eigenvalue weighted by Crippen LogP contribution is -2.41. The van der Waals surface area contributed by atoms with Gasteiger partial charge in [-0.15, -0.1) is 11.3 Å². The van der Waals surface area contributed by atoms with Gasteiger partial charge in [0.15, 0.2) is 0 Å². The molecular weight excluding hydrogens is 212 g/mol. The molecule has 0 aromatic carbocycles. The number of hydrogen-bond acceptors (Lipinski definition) is 5. The number of aliphatic hydroxyl groups is 1. The van der Waals surface area contributed by atoms with E-state index in [1.807, 2.05) is 0 Å². The smallest absolute Gasteiger partial charge is 0.0967 e. The second-order valence-corrected chi connectivity index (χ2v) is 4.90. The second-order valence-electron chi connectivity index (χ2n) is 3.99. The van der Waals surface area contributed by atoms with Gasteiger partial charge in [-0.05, 0) is 12.8 Å². The first-order chi connectivity index (χ1) is 7.28. The van der Waals surface area contributed by atoms with Gasteiger partial charge in [0.25, 0.3) is 0 Å². The van der Waals surface area contributed by atoms with Crippen LogP contribution in [-0.2, 0) is 4.74 Å². The van der Waals surface area contributed by atoms with Crippen molar-refractivity contribution in [2.24, 2.45) is 11.1 Å². The summed E-state index contributed by atoms with van der Waals surface area (Å²) in [5.41, 5.74) is 7.33. The molecule has 0 aliphatic carbocycles. The van der Waals surface area contributed by atoms with Crippen LogP contribution in [0.4, 0.5) is 0 Å². The Morgan fingerprint density at radius 1 is 1.60 bits per heavy atom. The van der Waals surface area contributed by atoms with Crippen molar-refractivity contribution in [3.05, 3.63) is 16.6 Å². The van der Waals surface area contributed by atoms with Crippen molar-refractivity contribution in [3.8, 4) is 0 Å². The molecule has 0 spiro atoms. The first-order valence-corrected chi connectivity index (χ1v) is 6.01. The summed E-state index contributed by atoms with van der Waals surface area (Å²) in [4.78, 5) is 4.89. The highest BCUT2D eigenvalue weighted by atomic mass is 32.1. The van der Waals surface area contributed by atoms with Crippen molar-refractivity contribution < 1.29 is 9.84 Å². The topological polar surface area (TPSA) is 68.4 Å². The van der Waals surface area contributed by atoms with E-state index in [9.17, 15) is 5.11 Å². The Bertz CT molecular complexity index is 296. The molecule has 4 nitrogen and oxygen atoms in total. The van der Waals surface area contributed by atoms with E-state index >= 15 is 0 Å². The molecule has 3 N–H and O–H groups in total. The van der Waals surface area contributed by atoms with Crippen LogP contribution in [0.5, 0.6) is 0 Å². The molecule has 1 unspecified atom stereocenters. The highest BCUT2D eigenvalue weighted by Gasteiger charge is 2.39. The minimum Gasteiger partial charge on any atom is -0.387 e. The van der Waals surface area contributed by atoms with Gasteiger partial charge < -0.3 is 15.6 Å². The summed E-state index contributed by atoms with van der Waals surface area (Å²) in [5.74, 6) is 0. The van der Waals surface area contributed by atoms with Gasteiger partial charge in [-0.2, -0.15) is 0 Å². The number of rotatable bonds is 3. The molecule has 1 saturated heterocycles. The van der Waals surface area contributed by atoms with Gasteiger partial charge in [0, 0.05) is 31.4 Å². The van der Waals surface area contributed by atoms with Gasteiger partial charge in [0.05, 0.1) is 16.5 Å². The van der Waals surface area contributed by atoms with E-state index in [1.165, 1.54) is 11.3 Å². The van der Waals surface area contributed by atoms with Crippen LogP contribution in [0.3, 0.4) is 0 Å². The Morgan fingerprint density at radius 3 is 2.87 bits per heavy atom. The molecular formula is C10H16N2O2S. The number of hydrogen-bond donors (Lipinski definition) is 2. The lowest BCUT2D eigenvalue weighted by atomic mass is 9.75. The predicted molar refractivity (Wildman–Crippen MR) is 58.6 cm³/mol. The number of nitrogens with zero attached hydrogens (tertiary/aromatic N) is 1. The molecule has 0 saturated carbocycles. The lowest BCUT2D eigenvalue weighted by molar-refractivity contribution is -0.0568. The molecule has 84 valence electrons. The van der Waals surface area contributed by atoms with Crippen LogP contribution < -0.4 is 5.73 Å². The van der Waals surface area contributed by atoms with E-state index in [4.69, 9.17) is 10.5 Å². The minimum absolute atomic E-state index is 0.217. The fraction of sp³-hybridized carbons (Fsp3) is 0.700. The Balaban J connectivity index is 2.18. The average molecular weight is 228 g/mol. The van der Waals surface area contributed by atoms with Crippen molar-refractivity contribution >= 4 is 11.3 Å². The van der Waals surface area contributed by atoms with Gasteiger partial charge in [0.2, 0.25) is 0 Å². The van der Waals surface area contributed by atoms with Crippen molar-refractivity contribution in [1.82, 2.24) is 4.98 Å². The molecule has 0 amide bonds.